The van der Waals surface area contributed by atoms with Gasteiger partial charge in [0.2, 0.25) is 0 Å². The van der Waals surface area contributed by atoms with Crippen molar-refractivity contribution in [2.24, 2.45) is 17.6 Å². The first kappa shape index (κ1) is 20.0. The zero-order chi connectivity index (χ0) is 19.6. The number of ether oxygens (including phenoxy) is 3. The van der Waals surface area contributed by atoms with Crippen LogP contribution < -0.4 is 15.2 Å². The minimum atomic E-state index is -0.314. The number of carbonyl (C=O) groups is 1. The van der Waals surface area contributed by atoms with Crippen LogP contribution in [0.3, 0.4) is 0 Å². The molecule has 1 aromatic rings. The van der Waals surface area contributed by atoms with Crippen molar-refractivity contribution >= 4 is 5.97 Å². The van der Waals surface area contributed by atoms with Crippen LogP contribution in [-0.4, -0.2) is 50.8 Å². The van der Waals surface area contributed by atoms with Gasteiger partial charge in [-0.2, -0.15) is 0 Å². The van der Waals surface area contributed by atoms with E-state index in [9.17, 15) is 4.79 Å². The average molecular weight is 376 g/mol. The molecule has 2 aliphatic rings. The second kappa shape index (κ2) is 8.48. The van der Waals surface area contributed by atoms with Gasteiger partial charge in [-0.1, -0.05) is 13.8 Å². The van der Waals surface area contributed by atoms with Crippen molar-refractivity contribution in [2.75, 3.05) is 33.9 Å². The highest BCUT2D eigenvalue weighted by molar-refractivity contribution is 5.71. The van der Waals surface area contributed by atoms with Gasteiger partial charge in [0.25, 0.3) is 0 Å². The van der Waals surface area contributed by atoms with Gasteiger partial charge in [-0.3, -0.25) is 9.69 Å². The largest absolute Gasteiger partial charge is 0.493 e. The monoisotopic (exact) mass is 376 g/mol. The molecule has 0 spiro atoms. The number of piperidine rings is 1. The van der Waals surface area contributed by atoms with E-state index < -0.39 is 0 Å². The number of fused-ring (bicyclic) bond motifs is 3. The van der Waals surface area contributed by atoms with Crippen LogP contribution in [0.25, 0.3) is 0 Å². The lowest BCUT2D eigenvalue weighted by atomic mass is 9.79. The average Bonchev–Trinajstić information content (AvgIpc) is 2.66. The van der Waals surface area contributed by atoms with Crippen LogP contribution in [0.5, 0.6) is 11.5 Å². The summed E-state index contributed by atoms with van der Waals surface area (Å²) in [5.74, 6) is 2.11. The quantitative estimate of drug-likeness (QED) is 0.769. The SMILES string of the molecule is COc1cc2c(cc1OC)C1CC(OC(=O)CN)C(CC(C)C)CN1CC2. The van der Waals surface area contributed by atoms with Gasteiger partial charge in [0.1, 0.15) is 6.10 Å². The van der Waals surface area contributed by atoms with Crippen molar-refractivity contribution < 1.29 is 19.0 Å². The van der Waals surface area contributed by atoms with Crippen LogP contribution in [0.15, 0.2) is 12.1 Å². The normalized spacial score (nSPS) is 24.9. The first-order valence-electron chi connectivity index (χ1n) is 9.85. The van der Waals surface area contributed by atoms with Gasteiger partial charge in [0.05, 0.1) is 20.8 Å². The van der Waals surface area contributed by atoms with Crippen molar-refractivity contribution in [3.05, 3.63) is 23.3 Å². The van der Waals surface area contributed by atoms with Crippen LogP contribution in [0.2, 0.25) is 0 Å². The summed E-state index contributed by atoms with van der Waals surface area (Å²) in [6, 6.07) is 4.41. The van der Waals surface area contributed by atoms with Crippen LogP contribution in [0.1, 0.15) is 43.9 Å². The Bertz CT molecular complexity index is 676. The third kappa shape index (κ3) is 4.22. The van der Waals surface area contributed by atoms with Gasteiger partial charge in [-0.25, -0.2) is 0 Å². The van der Waals surface area contributed by atoms with Gasteiger partial charge in [0.15, 0.2) is 11.5 Å². The van der Waals surface area contributed by atoms with Crippen molar-refractivity contribution in [3.63, 3.8) is 0 Å². The fraction of sp³-hybridized carbons (Fsp3) is 0.667. The molecular formula is C21H32N2O4. The Morgan fingerprint density at radius 2 is 1.96 bits per heavy atom. The minimum Gasteiger partial charge on any atom is -0.493 e. The maximum atomic E-state index is 11.9. The standard InChI is InChI=1S/C21H32N2O4/c1-13(2)7-15-12-23-6-5-14-8-19(25-3)20(26-4)9-16(14)17(23)10-18(15)27-21(24)11-22/h8-9,13,15,17-18H,5-7,10-12,22H2,1-4H3. The van der Waals surface area contributed by atoms with Crippen LogP contribution in [0.4, 0.5) is 0 Å². The fourth-order valence-corrected chi connectivity index (χ4v) is 4.60. The van der Waals surface area contributed by atoms with E-state index in [0.29, 0.717) is 11.8 Å². The number of nitrogens with two attached hydrogens (primary N) is 1. The molecule has 0 amide bonds. The van der Waals surface area contributed by atoms with Gasteiger partial charge in [-0.15, -0.1) is 0 Å². The number of esters is 1. The van der Waals surface area contributed by atoms with Crippen LogP contribution >= 0.6 is 0 Å². The highest BCUT2D eigenvalue weighted by atomic mass is 16.5. The summed E-state index contributed by atoms with van der Waals surface area (Å²) in [6.45, 7) is 6.33. The maximum Gasteiger partial charge on any atom is 0.319 e. The molecule has 0 aliphatic carbocycles. The topological polar surface area (TPSA) is 74.0 Å². The van der Waals surface area contributed by atoms with Crippen LogP contribution in [0, 0.1) is 11.8 Å². The predicted octanol–water partition coefficient (Wildman–Crippen LogP) is 2.54. The molecule has 0 aromatic heterocycles. The predicted molar refractivity (Wildman–Crippen MR) is 104 cm³/mol. The zero-order valence-electron chi connectivity index (χ0n) is 16.9. The first-order valence-corrected chi connectivity index (χ1v) is 9.85. The van der Waals surface area contributed by atoms with Crippen molar-refractivity contribution in [3.8, 4) is 11.5 Å². The van der Waals surface area contributed by atoms with Gasteiger partial charge >= 0.3 is 5.97 Å². The van der Waals surface area contributed by atoms with E-state index in [1.807, 2.05) is 0 Å². The molecule has 150 valence electrons. The summed E-state index contributed by atoms with van der Waals surface area (Å²) in [4.78, 5) is 14.4. The molecule has 27 heavy (non-hydrogen) atoms. The molecule has 2 N–H and O–H groups in total. The van der Waals surface area contributed by atoms with Crippen molar-refractivity contribution in [1.29, 1.82) is 0 Å². The van der Waals surface area contributed by atoms with Crippen LogP contribution in [-0.2, 0) is 16.0 Å². The molecule has 3 rings (SSSR count). The molecule has 1 saturated heterocycles. The van der Waals surface area contributed by atoms with E-state index in [1.54, 1.807) is 14.2 Å². The Morgan fingerprint density at radius 1 is 1.26 bits per heavy atom. The Morgan fingerprint density at radius 3 is 2.59 bits per heavy atom. The Kier molecular flexibility index (Phi) is 6.27. The molecule has 1 aromatic carbocycles. The third-order valence-corrected chi connectivity index (χ3v) is 5.79. The minimum absolute atomic E-state index is 0.0686. The van der Waals surface area contributed by atoms with Gasteiger partial charge < -0.3 is 19.9 Å². The Balaban J connectivity index is 1.90. The van der Waals surface area contributed by atoms with E-state index in [2.05, 4.69) is 30.9 Å². The summed E-state index contributed by atoms with van der Waals surface area (Å²) in [5, 5.41) is 0. The highest BCUT2D eigenvalue weighted by Gasteiger charge is 2.41. The third-order valence-electron chi connectivity index (χ3n) is 5.79. The molecule has 2 aliphatic heterocycles. The number of hydrogen-bond donors (Lipinski definition) is 1. The number of benzene rings is 1. The van der Waals surface area contributed by atoms with E-state index in [4.69, 9.17) is 19.9 Å². The second-order valence-electron chi connectivity index (χ2n) is 8.02. The number of hydrogen-bond acceptors (Lipinski definition) is 6. The Hall–Kier alpha value is -1.79. The summed E-state index contributed by atoms with van der Waals surface area (Å²) in [6.07, 6.45) is 2.74. The summed E-state index contributed by atoms with van der Waals surface area (Å²) in [7, 11) is 3.33. The fourth-order valence-electron chi connectivity index (χ4n) is 4.60. The number of rotatable bonds is 6. The van der Waals surface area contributed by atoms with E-state index in [-0.39, 0.29) is 24.7 Å². The molecule has 6 nitrogen and oxygen atoms in total. The highest BCUT2D eigenvalue weighted by Crippen LogP contribution is 2.44. The van der Waals surface area contributed by atoms with Crippen molar-refractivity contribution in [1.82, 2.24) is 4.90 Å². The molecule has 0 saturated carbocycles. The molecule has 3 unspecified atom stereocenters. The van der Waals surface area contributed by atoms with E-state index in [1.165, 1.54) is 11.1 Å². The lowest BCUT2D eigenvalue weighted by Crippen LogP contribution is -2.49. The molecule has 6 heteroatoms. The maximum absolute atomic E-state index is 11.9. The lowest BCUT2D eigenvalue weighted by Gasteiger charge is -2.47. The van der Waals surface area contributed by atoms with Gasteiger partial charge in [0, 0.05) is 31.5 Å². The summed E-state index contributed by atoms with van der Waals surface area (Å²) in [5.41, 5.74) is 8.05. The summed E-state index contributed by atoms with van der Waals surface area (Å²) >= 11 is 0. The molecule has 0 bridgehead atoms. The molecule has 0 radical (unpaired) electrons. The van der Waals surface area contributed by atoms with E-state index in [0.717, 1.165) is 43.9 Å². The number of methoxy groups -OCH3 is 2. The molecule has 3 atom stereocenters. The van der Waals surface area contributed by atoms with Crippen molar-refractivity contribution in [2.45, 2.75) is 45.3 Å². The van der Waals surface area contributed by atoms with E-state index >= 15 is 0 Å². The molecule has 1 fully saturated rings. The second-order valence-corrected chi connectivity index (χ2v) is 8.02. The first-order chi connectivity index (χ1) is 13.0. The number of nitrogens with zero attached hydrogens (tertiary/aromatic N) is 1. The van der Waals surface area contributed by atoms with Gasteiger partial charge in [-0.05, 0) is 42.0 Å². The molecule has 2 heterocycles. The zero-order valence-corrected chi connectivity index (χ0v) is 16.9. The lowest BCUT2D eigenvalue weighted by molar-refractivity contribution is -0.155. The molecular weight excluding hydrogens is 344 g/mol. The smallest absolute Gasteiger partial charge is 0.319 e. The summed E-state index contributed by atoms with van der Waals surface area (Å²) < 4.78 is 16.8. The number of carbonyl (C=O) groups excluding carboxylic acids is 1. The Labute approximate surface area is 161 Å².